The fourth-order valence-electron chi connectivity index (χ4n) is 2.55. The summed E-state index contributed by atoms with van der Waals surface area (Å²) in [6.45, 7) is 4.08. The van der Waals surface area contributed by atoms with E-state index < -0.39 is 10.0 Å². The number of rotatable bonds is 7. The molecule has 1 N–H and O–H groups in total. The highest BCUT2D eigenvalue weighted by Crippen LogP contribution is 2.24. The maximum atomic E-state index is 12.3. The molecule has 0 fully saturated rings. The normalized spacial score (nSPS) is 11.4. The zero-order valence-corrected chi connectivity index (χ0v) is 14.5. The van der Waals surface area contributed by atoms with E-state index in [1.807, 2.05) is 42.5 Å². The van der Waals surface area contributed by atoms with Crippen LogP contribution in [0.2, 0.25) is 0 Å². The van der Waals surface area contributed by atoms with Gasteiger partial charge in [0.1, 0.15) is 12.4 Å². The maximum Gasteiger partial charge on any atom is 0.240 e. The molecule has 0 aliphatic heterocycles. The topological polar surface area (TPSA) is 55.4 Å². The Morgan fingerprint density at radius 3 is 2.60 bits per heavy atom. The standard InChI is InChI=1S/C20H19NO3S/c1-2-16-7-5-10-18(15-16)25(22,23)21-13-14-24-20-12-6-9-17-8-3-4-11-19(17)20/h2-12,15,21H,1,13-14H2. The second kappa shape index (κ2) is 7.51. The Bertz CT molecular complexity index is 991. The lowest BCUT2D eigenvalue weighted by molar-refractivity contribution is 0.326. The molecule has 0 atom stereocenters. The van der Waals surface area contributed by atoms with Crippen LogP contribution < -0.4 is 9.46 Å². The van der Waals surface area contributed by atoms with Gasteiger partial charge < -0.3 is 4.74 Å². The highest BCUT2D eigenvalue weighted by Gasteiger charge is 2.13. The van der Waals surface area contributed by atoms with Crippen LogP contribution in [-0.4, -0.2) is 21.6 Å². The van der Waals surface area contributed by atoms with Crippen LogP contribution in [0.4, 0.5) is 0 Å². The summed E-state index contributed by atoms with van der Waals surface area (Å²) in [6, 6.07) is 20.4. The number of hydrogen-bond donors (Lipinski definition) is 1. The first kappa shape index (κ1) is 17.2. The molecule has 0 aromatic heterocycles. The summed E-state index contributed by atoms with van der Waals surface area (Å²) >= 11 is 0. The first-order chi connectivity index (χ1) is 12.1. The van der Waals surface area contributed by atoms with Crippen molar-refractivity contribution in [3.8, 4) is 5.75 Å². The zero-order chi connectivity index (χ0) is 17.7. The van der Waals surface area contributed by atoms with Gasteiger partial charge in [0.15, 0.2) is 0 Å². The van der Waals surface area contributed by atoms with E-state index in [-0.39, 0.29) is 18.0 Å². The van der Waals surface area contributed by atoms with Gasteiger partial charge in [-0.1, -0.05) is 61.2 Å². The van der Waals surface area contributed by atoms with Crippen molar-refractivity contribution in [2.75, 3.05) is 13.2 Å². The summed E-state index contributed by atoms with van der Waals surface area (Å²) in [5.74, 6) is 0.742. The first-order valence-electron chi connectivity index (χ1n) is 7.93. The number of sulfonamides is 1. The third kappa shape index (κ3) is 4.07. The van der Waals surface area contributed by atoms with E-state index in [9.17, 15) is 8.42 Å². The third-order valence-corrected chi connectivity index (χ3v) is 5.26. The highest BCUT2D eigenvalue weighted by atomic mass is 32.2. The molecule has 5 heteroatoms. The predicted molar refractivity (Wildman–Crippen MR) is 101 cm³/mol. The summed E-state index contributed by atoms with van der Waals surface area (Å²) in [5, 5.41) is 2.09. The minimum atomic E-state index is -3.57. The van der Waals surface area contributed by atoms with Gasteiger partial charge in [-0.25, -0.2) is 13.1 Å². The molecule has 0 saturated carbocycles. The van der Waals surface area contributed by atoms with Gasteiger partial charge in [-0.2, -0.15) is 0 Å². The second-order valence-electron chi connectivity index (χ2n) is 5.50. The lowest BCUT2D eigenvalue weighted by atomic mass is 10.1. The van der Waals surface area contributed by atoms with Crippen molar-refractivity contribution >= 4 is 26.9 Å². The quantitative estimate of drug-likeness (QED) is 0.657. The Morgan fingerprint density at radius 1 is 1.00 bits per heavy atom. The Kier molecular flexibility index (Phi) is 5.16. The van der Waals surface area contributed by atoms with E-state index in [0.717, 1.165) is 22.1 Å². The van der Waals surface area contributed by atoms with Crippen LogP contribution in [0.1, 0.15) is 5.56 Å². The molecule has 25 heavy (non-hydrogen) atoms. The van der Waals surface area contributed by atoms with Gasteiger partial charge in [0.2, 0.25) is 10.0 Å². The van der Waals surface area contributed by atoms with Crippen molar-refractivity contribution in [1.29, 1.82) is 0 Å². The van der Waals surface area contributed by atoms with Gasteiger partial charge in [0.05, 0.1) is 4.90 Å². The van der Waals surface area contributed by atoms with Crippen molar-refractivity contribution in [3.05, 3.63) is 78.9 Å². The molecular formula is C20H19NO3S. The van der Waals surface area contributed by atoms with Gasteiger partial charge in [-0.05, 0) is 29.1 Å². The predicted octanol–water partition coefficient (Wildman–Crippen LogP) is 3.84. The molecule has 0 unspecified atom stereocenters. The molecule has 3 aromatic rings. The van der Waals surface area contributed by atoms with Crippen LogP contribution >= 0.6 is 0 Å². The summed E-state index contributed by atoms with van der Waals surface area (Å²) in [5.41, 5.74) is 0.759. The SMILES string of the molecule is C=Cc1cccc(S(=O)(=O)NCCOc2cccc3ccccc23)c1. The van der Waals surface area contributed by atoms with Crippen LogP contribution in [0, 0.1) is 0 Å². The van der Waals surface area contributed by atoms with Crippen molar-refractivity contribution in [3.63, 3.8) is 0 Å². The van der Waals surface area contributed by atoms with Crippen LogP contribution in [0.25, 0.3) is 16.8 Å². The number of hydrogen-bond acceptors (Lipinski definition) is 3. The molecule has 0 spiro atoms. The minimum absolute atomic E-state index is 0.184. The van der Waals surface area contributed by atoms with Crippen LogP contribution in [0.5, 0.6) is 5.75 Å². The minimum Gasteiger partial charge on any atom is -0.492 e. The molecule has 128 valence electrons. The lowest BCUT2D eigenvalue weighted by Gasteiger charge is -2.11. The Labute approximate surface area is 147 Å². The van der Waals surface area contributed by atoms with Crippen LogP contribution in [-0.2, 0) is 10.0 Å². The van der Waals surface area contributed by atoms with Crippen LogP contribution in [0.3, 0.4) is 0 Å². The van der Waals surface area contributed by atoms with Crippen molar-refractivity contribution in [2.45, 2.75) is 4.90 Å². The van der Waals surface area contributed by atoms with Crippen LogP contribution in [0.15, 0.2) is 78.2 Å². The monoisotopic (exact) mass is 353 g/mol. The second-order valence-corrected chi connectivity index (χ2v) is 7.27. The van der Waals surface area contributed by atoms with Crippen molar-refractivity contribution < 1.29 is 13.2 Å². The average Bonchev–Trinajstić information content (AvgIpc) is 2.65. The van der Waals surface area contributed by atoms with E-state index in [1.165, 1.54) is 0 Å². The van der Waals surface area contributed by atoms with Gasteiger partial charge in [0, 0.05) is 11.9 Å². The summed E-state index contributed by atoms with van der Waals surface area (Å²) in [4.78, 5) is 0.218. The van der Waals surface area contributed by atoms with Gasteiger partial charge in [0.25, 0.3) is 0 Å². The number of nitrogens with one attached hydrogen (secondary N) is 1. The van der Waals surface area contributed by atoms with Gasteiger partial charge in [-0.3, -0.25) is 0 Å². The zero-order valence-electron chi connectivity index (χ0n) is 13.7. The molecular weight excluding hydrogens is 334 g/mol. The Morgan fingerprint density at radius 2 is 1.76 bits per heavy atom. The molecule has 3 rings (SSSR count). The fraction of sp³-hybridized carbons (Fsp3) is 0.100. The van der Waals surface area contributed by atoms with Gasteiger partial charge in [-0.15, -0.1) is 0 Å². The average molecular weight is 353 g/mol. The Hall–Kier alpha value is -2.63. The smallest absolute Gasteiger partial charge is 0.240 e. The summed E-state index contributed by atoms with van der Waals surface area (Å²) < 4.78 is 33.0. The van der Waals surface area contributed by atoms with Crippen molar-refractivity contribution in [1.82, 2.24) is 4.72 Å². The van der Waals surface area contributed by atoms with Gasteiger partial charge >= 0.3 is 0 Å². The largest absolute Gasteiger partial charge is 0.492 e. The molecule has 0 aliphatic rings. The summed E-state index contributed by atoms with van der Waals surface area (Å²) in [7, 11) is -3.57. The van der Waals surface area contributed by atoms with Crippen molar-refractivity contribution in [2.24, 2.45) is 0 Å². The van der Waals surface area contributed by atoms with E-state index in [0.29, 0.717) is 0 Å². The highest BCUT2D eigenvalue weighted by molar-refractivity contribution is 7.89. The molecule has 3 aromatic carbocycles. The molecule has 0 radical (unpaired) electrons. The first-order valence-corrected chi connectivity index (χ1v) is 9.41. The lowest BCUT2D eigenvalue weighted by Crippen LogP contribution is -2.28. The summed E-state index contributed by atoms with van der Waals surface area (Å²) in [6.07, 6.45) is 1.61. The molecule has 0 bridgehead atoms. The third-order valence-electron chi connectivity index (χ3n) is 3.81. The van der Waals surface area contributed by atoms with E-state index in [2.05, 4.69) is 11.3 Å². The molecule has 0 aliphatic carbocycles. The number of benzene rings is 3. The number of fused-ring (bicyclic) bond motifs is 1. The maximum absolute atomic E-state index is 12.3. The molecule has 4 nitrogen and oxygen atoms in total. The molecule has 0 saturated heterocycles. The van der Waals surface area contributed by atoms with E-state index in [1.54, 1.807) is 30.3 Å². The molecule has 0 heterocycles. The fourth-order valence-corrected chi connectivity index (χ4v) is 3.62. The van der Waals surface area contributed by atoms with E-state index >= 15 is 0 Å². The number of ether oxygens (including phenoxy) is 1. The van der Waals surface area contributed by atoms with E-state index in [4.69, 9.17) is 4.74 Å². The Balaban J connectivity index is 1.63. The molecule has 0 amide bonds.